The zero-order chi connectivity index (χ0) is 24.2. The van der Waals surface area contributed by atoms with Gasteiger partial charge in [-0.2, -0.15) is 5.26 Å². The average Bonchev–Trinajstić information content (AvgIpc) is 3.31. The van der Waals surface area contributed by atoms with Crippen LogP contribution >= 0.6 is 0 Å². The highest BCUT2D eigenvalue weighted by Crippen LogP contribution is 2.22. The third kappa shape index (κ3) is 5.00. The van der Waals surface area contributed by atoms with Crippen molar-refractivity contribution in [2.45, 2.75) is 25.4 Å². The monoisotopic (exact) mass is 466 g/mol. The summed E-state index contributed by atoms with van der Waals surface area (Å²) in [4.78, 5) is 26.9. The number of aromatic nitrogens is 3. The van der Waals surface area contributed by atoms with Crippen molar-refractivity contribution in [3.8, 4) is 17.3 Å². The van der Waals surface area contributed by atoms with Crippen LogP contribution in [0.25, 0.3) is 22.2 Å². The van der Waals surface area contributed by atoms with Gasteiger partial charge in [-0.3, -0.25) is 4.79 Å². The van der Waals surface area contributed by atoms with E-state index in [1.807, 2.05) is 36.4 Å². The number of benzene rings is 2. The fraction of sp³-hybridized carbons (Fsp3) is 0.259. The maximum atomic E-state index is 12.6. The molecule has 0 bridgehead atoms. The van der Waals surface area contributed by atoms with Crippen LogP contribution in [0.15, 0.2) is 60.9 Å². The lowest BCUT2D eigenvalue weighted by atomic mass is 10.1. The number of nitrogens with zero attached hydrogens (tertiary/aromatic N) is 4. The quantitative estimate of drug-likeness (QED) is 0.401. The number of hydrogen-bond acceptors (Lipinski definition) is 6. The molecule has 1 fully saturated rings. The van der Waals surface area contributed by atoms with E-state index in [0.29, 0.717) is 30.0 Å². The van der Waals surface area contributed by atoms with E-state index in [9.17, 15) is 15.2 Å². The van der Waals surface area contributed by atoms with Gasteiger partial charge < -0.3 is 20.3 Å². The number of rotatable bonds is 6. The Labute approximate surface area is 203 Å². The van der Waals surface area contributed by atoms with Gasteiger partial charge in [-0.25, -0.2) is 9.97 Å². The molecule has 1 aliphatic heterocycles. The molecule has 2 aromatic carbocycles. The summed E-state index contributed by atoms with van der Waals surface area (Å²) in [6, 6.07) is 17.4. The highest BCUT2D eigenvalue weighted by molar-refractivity contribution is 5.94. The summed E-state index contributed by atoms with van der Waals surface area (Å²) in [6.45, 7) is 1.97. The standard InChI is InChI=1S/C27H26N6O2/c28-16-21-17-31-25-6-1-18(15-23(21)25)7-11-29-26(35)20-4-2-19(3-5-20)24-8-12-30-27(32-24)33-13-9-22(34)10-14-33/h1-6,8,12,15,17,22,31,34H,7,9-11,13-14H2,(H,29,35). The van der Waals surface area contributed by atoms with Gasteiger partial charge in [-0.1, -0.05) is 18.2 Å². The van der Waals surface area contributed by atoms with Crippen LogP contribution in [0.3, 0.4) is 0 Å². The van der Waals surface area contributed by atoms with Crippen LogP contribution in [0, 0.1) is 11.3 Å². The van der Waals surface area contributed by atoms with E-state index in [0.717, 1.165) is 53.7 Å². The Morgan fingerprint density at radius 3 is 2.74 bits per heavy atom. The van der Waals surface area contributed by atoms with Crippen molar-refractivity contribution in [2.75, 3.05) is 24.5 Å². The van der Waals surface area contributed by atoms with Gasteiger partial charge in [0.15, 0.2) is 0 Å². The molecule has 1 amide bonds. The van der Waals surface area contributed by atoms with Crippen molar-refractivity contribution < 1.29 is 9.90 Å². The first-order valence-corrected chi connectivity index (χ1v) is 11.8. The summed E-state index contributed by atoms with van der Waals surface area (Å²) < 4.78 is 0. The van der Waals surface area contributed by atoms with Crippen LogP contribution in [-0.4, -0.2) is 51.7 Å². The summed E-state index contributed by atoms with van der Waals surface area (Å²) >= 11 is 0. The zero-order valence-corrected chi connectivity index (χ0v) is 19.2. The summed E-state index contributed by atoms with van der Waals surface area (Å²) in [5, 5.41) is 22.8. The average molecular weight is 467 g/mol. The third-order valence-corrected chi connectivity index (χ3v) is 6.40. The molecule has 3 N–H and O–H groups in total. The van der Waals surface area contributed by atoms with Gasteiger partial charge in [0.25, 0.3) is 5.91 Å². The van der Waals surface area contributed by atoms with Crippen molar-refractivity contribution in [1.82, 2.24) is 20.3 Å². The van der Waals surface area contributed by atoms with Gasteiger partial charge in [0, 0.05) is 54.1 Å². The van der Waals surface area contributed by atoms with Crippen molar-refractivity contribution in [1.29, 1.82) is 5.26 Å². The number of piperidine rings is 1. The Morgan fingerprint density at radius 2 is 1.97 bits per heavy atom. The molecule has 8 heteroatoms. The first kappa shape index (κ1) is 22.6. The topological polar surface area (TPSA) is 118 Å². The van der Waals surface area contributed by atoms with Gasteiger partial charge in [0.05, 0.1) is 17.4 Å². The minimum atomic E-state index is -0.243. The molecule has 1 aliphatic rings. The summed E-state index contributed by atoms with van der Waals surface area (Å²) in [6.07, 6.45) is 5.33. The molecular weight excluding hydrogens is 440 g/mol. The number of nitrogens with one attached hydrogen (secondary N) is 2. The number of amides is 1. The lowest BCUT2D eigenvalue weighted by molar-refractivity contribution is 0.0954. The molecule has 4 aromatic rings. The number of H-pyrrole nitrogens is 1. The van der Waals surface area contributed by atoms with Gasteiger partial charge in [-0.05, 0) is 55.2 Å². The minimum absolute atomic E-state index is 0.132. The SMILES string of the molecule is N#Cc1c[nH]c2ccc(CCNC(=O)c3ccc(-c4ccnc(N5CCC(O)CC5)n4)cc3)cc12. The molecule has 0 saturated carbocycles. The maximum Gasteiger partial charge on any atom is 0.251 e. The van der Waals surface area contributed by atoms with Gasteiger partial charge >= 0.3 is 0 Å². The van der Waals surface area contributed by atoms with Crippen LogP contribution < -0.4 is 10.2 Å². The second-order valence-electron chi connectivity index (χ2n) is 8.74. The molecule has 0 atom stereocenters. The number of hydrogen-bond donors (Lipinski definition) is 3. The van der Waals surface area contributed by atoms with Gasteiger partial charge in [0.2, 0.25) is 5.95 Å². The van der Waals surface area contributed by atoms with E-state index >= 15 is 0 Å². The number of fused-ring (bicyclic) bond motifs is 1. The summed E-state index contributed by atoms with van der Waals surface area (Å²) in [7, 11) is 0. The molecule has 2 aromatic heterocycles. The maximum absolute atomic E-state index is 12.6. The zero-order valence-electron chi connectivity index (χ0n) is 19.2. The molecule has 0 radical (unpaired) electrons. The van der Waals surface area contributed by atoms with Crippen LogP contribution in [0.1, 0.15) is 34.3 Å². The Kier molecular flexibility index (Phi) is 6.42. The lowest BCUT2D eigenvalue weighted by Gasteiger charge is -2.29. The van der Waals surface area contributed by atoms with Crippen LogP contribution in [0.5, 0.6) is 0 Å². The Balaban J connectivity index is 1.19. The Bertz CT molecular complexity index is 1380. The molecular formula is C27H26N6O2. The van der Waals surface area contributed by atoms with Crippen molar-refractivity contribution in [3.05, 3.63) is 77.6 Å². The number of anilines is 1. The first-order valence-electron chi connectivity index (χ1n) is 11.8. The van der Waals surface area contributed by atoms with E-state index in [1.165, 1.54) is 0 Å². The van der Waals surface area contributed by atoms with E-state index in [4.69, 9.17) is 0 Å². The molecule has 0 spiro atoms. The molecule has 3 heterocycles. The van der Waals surface area contributed by atoms with Gasteiger partial charge in [0.1, 0.15) is 6.07 Å². The van der Waals surface area contributed by atoms with Crippen molar-refractivity contribution in [2.24, 2.45) is 0 Å². The molecule has 5 rings (SSSR count). The number of aromatic amines is 1. The molecule has 35 heavy (non-hydrogen) atoms. The minimum Gasteiger partial charge on any atom is -0.393 e. The number of carbonyl (C=O) groups is 1. The predicted molar refractivity (Wildman–Crippen MR) is 134 cm³/mol. The van der Waals surface area contributed by atoms with E-state index in [1.54, 1.807) is 24.5 Å². The predicted octanol–water partition coefficient (Wildman–Crippen LogP) is 3.43. The second-order valence-corrected chi connectivity index (χ2v) is 8.74. The van der Waals surface area contributed by atoms with E-state index in [2.05, 4.69) is 31.2 Å². The van der Waals surface area contributed by atoms with Crippen molar-refractivity contribution in [3.63, 3.8) is 0 Å². The normalized spacial score (nSPS) is 14.1. The molecule has 0 unspecified atom stereocenters. The van der Waals surface area contributed by atoms with Gasteiger partial charge in [-0.15, -0.1) is 0 Å². The Hall–Kier alpha value is -4.22. The first-order chi connectivity index (χ1) is 17.1. The highest BCUT2D eigenvalue weighted by Gasteiger charge is 2.19. The van der Waals surface area contributed by atoms with Crippen molar-refractivity contribution >= 4 is 22.8 Å². The lowest BCUT2D eigenvalue weighted by Crippen LogP contribution is -2.36. The van der Waals surface area contributed by atoms with E-state index < -0.39 is 0 Å². The molecule has 0 aliphatic carbocycles. The fourth-order valence-electron chi connectivity index (χ4n) is 4.36. The van der Waals surface area contributed by atoms with E-state index in [-0.39, 0.29) is 12.0 Å². The Morgan fingerprint density at radius 1 is 1.17 bits per heavy atom. The molecule has 1 saturated heterocycles. The highest BCUT2D eigenvalue weighted by atomic mass is 16.3. The van der Waals surface area contributed by atoms with Crippen LogP contribution in [0.4, 0.5) is 5.95 Å². The summed E-state index contributed by atoms with van der Waals surface area (Å²) in [5.74, 6) is 0.531. The van der Waals surface area contributed by atoms with Crippen LogP contribution in [-0.2, 0) is 6.42 Å². The number of carbonyl (C=O) groups excluding carboxylic acids is 1. The fourth-order valence-corrected chi connectivity index (χ4v) is 4.36. The smallest absolute Gasteiger partial charge is 0.251 e. The third-order valence-electron chi connectivity index (χ3n) is 6.40. The largest absolute Gasteiger partial charge is 0.393 e. The number of nitriles is 1. The van der Waals surface area contributed by atoms with Crippen LogP contribution in [0.2, 0.25) is 0 Å². The molecule has 176 valence electrons. The second kappa shape index (κ2) is 9.95. The number of aliphatic hydroxyl groups is 1. The number of aliphatic hydroxyl groups excluding tert-OH is 1. The summed E-state index contributed by atoms with van der Waals surface area (Å²) in [5.41, 5.74) is 4.91. The molecule has 8 nitrogen and oxygen atoms in total.